The molecule has 2 aromatic rings. The first-order valence-electron chi connectivity index (χ1n) is 6.19. The van der Waals surface area contributed by atoms with E-state index in [0.717, 1.165) is 10.9 Å². The zero-order valence-corrected chi connectivity index (χ0v) is 11.3. The van der Waals surface area contributed by atoms with E-state index in [1.165, 1.54) is 17.2 Å². The number of rotatable bonds is 2. The summed E-state index contributed by atoms with van der Waals surface area (Å²) in [5.74, 6) is 0.440. The summed E-state index contributed by atoms with van der Waals surface area (Å²) in [6.07, 6.45) is 1.40. The van der Waals surface area contributed by atoms with Crippen molar-refractivity contribution in [2.24, 2.45) is 5.92 Å². The Morgan fingerprint density at radius 2 is 1.89 bits per heavy atom. The summed E-state index contributed by atoms with van der Waals surface area (Å²) in [6, 6.07) is 12.3. The molecule has 2 rings (SSSR count). The van der Waals surface area contributed by atoms with Crippen LogP contribution in [0.2, 0.25) is 0 Å². The Bertz CT molecular complexity index is 517. The highest BCUT2D eigenvalue weighted by Gasteiger charge is 1.97. The van der Waals surface area contributed by atoms with Crippen LogP contribution in [0.4, 0.5) is 0 Å². The minimum Gasteiger partial charge on any atom is -0.396 e. The van der Waals surface area contributed by atoms with Gasteiger partial charge in [0.2, 0.25) is 0 Å². The van der Waals surface area contributed by atoms with Crippen molar-refractivity contribution in [3.63, 3.8) is 0 Å². The highest BCUT2D eigenvalue weighted by atomic mass is 16.3. The number of aliphatic hydroxyl groups excluding tert-OH is 1. The molecule has 0 atom stereocenters. The highest BCUT2D eigenvalue weighted by molar-refractivity contribution is 5.99. The second-order valence-corrected chi connectivity index (χ2v) is 4.79. The molecule has 2 N–H and O–H groups in total. The van der Waals surface area contributed by atoms with Gasteiger partial charge in [0.1, 0.15) is 0 Å². The normalized spacial score (nSPS) is 10.1. The molecule has 0 radical (unpaired) electrons. The van der Waals surface area contributed by atoms with Crippen LogP contribution in [-0.2, 0) is 0 Å². The molecular formula is C16H21NO. The fourth-order valence-electron chi connectivity index (χ4n) is 1.54. The van der Waals surface area contributed by atoms with Crippen molar-refractivity contribution >= 4 is 17.0 Å². The van der Waals surface area contributed by atoms with Gasteiger partial charge in [-0.25, -0.2) is 0 Å². The third-order valence-corrected chi connectivity index (χ3v) is 2.59. The van der Waals surface area contributed by atoms with Crippen molar-refractivity contribution in [1.82, 2.24) is 0 Å². The summed E-state index contributed by atoms with van der Waals surface area (Å²) in [5.41, 5.74) is 2.23. The molecule has 2 nitrogen and oxygen atoms in total. The van der Waals surface area contributed by atoms with Gasteiger partial charge in [-0.05, 0) is 29.2 Å². The predicted octanol–water partition coefficient (Wildman–Crippen LogP) is 3.78. The maximum Gasteiger partial charge on any atom is 0.0453 e. The zero-order valence-electron chi connectivity index (χ0n) is 11.3. The van der Waals surface area contributed by atoms with Gasteiger partial charge in [0.15, 0.2) is 0 Å². The Morgan fingerprint density at radius 1 is 1.22 bits per heavy atom. The van der Waals surface area contributed by atoms with Crippen LogP contribution in [0.25, 0.3) is 10.8 Å². The number of hydrogen-bond acceptors (Lipinski definition) is 2. The number of aliphatic hydroxyl groups is 1. The van der Waals surface area contributed by atoms with Crippen molar-refractivity contribution in [2.45, 2.75) is 20.8 Å². The Kier molecular flexibility index (Phi) is 5.53. The lowest BCUT2D eigenvalue weighted by Crippen LogP contribution is -1.90. The zero-order chi connectivity index (χ0) is 13.5. The first-order chi connectivity index (χ1) is 8.58. The maximum atomic E-state index is 8.14. The van der Waals surface area contributed by atoms with Gasteiger partial charge >= 0.3 is 0 Å². The average molecular weight is 243 g/mol. The van der Waals surface area contributed by atoms with E-state index in [1.807, 2.05) is 26.0 Å². The number of fused-ring (bicyclic) bond motifs is 1. The summed E-state index contributed by atoms with van der Waals surface area (Å²) in [6.45, 7) is 6.32. The SMILES string of the molecule is CC(C)CO.Cc1ccc2cccc(C=N)c2c1. The molecule has 0 bridgehead atoms. The molecule has 2 aromatic carbocycles. The summed E-state index contributed by atoms with van der Waals surface area (Å²) in [7, 11) is 0. The monoisotopic (exact) mass is 243 g/mol. The standard InChI is InChI=1S/C12H11N.C4H10O/c1-9-5-6-10-3-2-4-11(8-13)12(10)7-9;1-4(2)3-5/h2-8,13H,1H3;4-5H,3H2,1-2H3. The molecule has 0 aliphatic carbocycles. The smallest absolute Gasteiger partial charge is 0.0453 e. The molecule has 0 saturated carbocycles. The lowest BCUT2D eigenvalue weighted by Gasteiger charge is -2.02. The van der Waals surface area contributed by atoms with Crippen LogP contribution < -0.4 is 0 Å². The maximum absolute atomic E-state index is 8.14. The van der Waals surface area contributed by atoms with Gasteiger partial charge in [-0.2, -0.15) is 0 Å². The molecule has 0 aliphatic heterocycles. The van der Waals surface area contributed by atoms with Crippen molar-refractivity contribution in [2.75, 3.05) is 6.61 Å². The minimum atomic E-state index is 0.306. The van der Waals surface area contributed by atoms with E-state index in [4.69, 9.17) is 10.5 Å². The molecular weight excluding hydrogens is 222 g/mol. The molecule has 18 heavy (non-hydrogen) atoms. The van der Waals surface area contributed by atoms with E-state index in [0.29, 0.717) is 12.5 Å². The number of aryl methyl sites for hydroxylation is 1. The molecule has 0 unspecified atom stereocenters. The van der Waals surface area contributed by atoms with Gasteiger partial charge in [-0.1, -0.05) is 55.8 Å². The van der Waals surface area contributed by atoms with Gasteiger partial charge in [-0.15, -0.1) is 0 Å². The Morgan fingerprint density at radius 3 is 2.44 bits per heavy atom. The summed E-state index contributed by atoms with van der Waals surface area (Å²) in [4.78, 5) is 0. The van der Waals surface area contributed by atoms with Gasteiger partial charge < -0.3 is 10.5 Å². The molecule has 0 amide bonds. The highest BCUT2D eigenvalue weighted by Crippen LogP contribution is 2.18. The van der Waals surface area contributed by atoms with Crippen molar-refractivity contribution in [1.29, 1.82) is 5.41 Å². The molecule has 2 heteroatoms. The minimum absolute atomic E-state index is 0.306. The van der Waals surface area contributed by atoms with Crippen molar-refractivity contribution in [3.05, 3.63) is 47.5 Å². The number of benzene rings is 2. The molecule has 0 spiro atoms. The lowest BCUT2D eigenvalue weighted by atomic mass is 10.0. The van der Waals surface area contributed by atoms with Gasteiger partial charge in [0.05, 0.1) is 0 Å². The van der Waals surface area contributed by atoms with Crippen LogP contribution in [0.5, 0.6) is 0 Å². The summed E-state index contributed by atoms with van der Waals surface area (Å²) >= 11 is 0. The van der Waals surface area contributed by atoms with Crippen LogP contribution in [-0.4, -0.2) is 17.9 Å². The second kappa shape index (κ2) is 6.92. The van der Waals surface area contributed by atoms with E-state index in [9.17, 15) is 0 Å². The predicted molar refractivity (Wildman–Crippen MR) is 78.5 cm³/mol. The Labute approximate surface area is 109 Å². The topological polar surface area (TPSA) is 44.1 Å². The van der Waals surface area contributed by atoms with Gasteiger partial charge in [0.25, 0.3) is 0 Å². The average Bonchev–Trinajstić information content (AvgIpc) is 2.38. The first kappa shape index (κ1) is 14.4. The molecule has 0 aliphatic rings. The van der Waals surface area contributed by atoms with Crippen molar-refractivity contribution in [3.8, 4) is 0 Å². The fourth-order valence-corrected chi connectivity index (χ4v) is 1.54. The van der Waals surface area contributed by atoms with E-state index < -0.39 is 0 Å². The summed E-state index contributed by atoms with van der Waals surface area (Å²) in [5, 5.41) is 17.8. The van der Waals surface area contributed by atoms with E-state index in [2.05, 4.69) is 31.2 Å². The van der Waals surface area contributed by atoms with E-state index >= 15 is 0 Å². The Balaban J connectivity index is 0.000000280. The largest absolute Gasteiger partial charge is 0.396 e. The van der Waals surface area contributed by atoms with Gasteiger partial charge in [0, 0.05) is 12.8 Å². The molecule has 0 saturated heterocycles. The molecule has 96 valence electrons. The quantitative estimate of drug-likeness (QED) is 0.774. The van der Waals surface area contributed by atoms with Crippen molar-refractivity contribution < 1.29 is 5.11 Å². The van der Waals surface area contributed by atoms with Crippen LogP contribution >= 0.6 is 0 Å². The molecule has 0 heterocycles. The third-order valence-electron chi connectivity index (χ3n) is 2.59. The fraction of sp³-hybridized carbons (Fsp3) is 0.312. The molecule has 0 fully saturated rings. The van der Waals surface area contributed by atoms with Crippen LogP contribution in [0, 0.1) is 18.3 Å². The summed E-state index contributed by atoms with van der Waals surface area (Å²) < 4.78 is 0. The Hall–Kier alpha value is -1.67. The van der Waals surface area contributed by atoms with Crippen LogP contribution in [0.15, 0.2) is 36.4 Å². The van der Waals surface area contributed by atoms with E-state index in [1.54, 1.807) is 0 Å². The second-order valence-electron chi connectivity index (χ2n) is 4.79. The van der Waals surface area contributed by atoms with Crippen LogP contribution in [0.1, 0.15) is 25.0 Å². The van der Waals surface area contributed by atoms with Gasteiger partial charge in [-0.3, -0.25) is 0 Å². The third kappa shape index (κ3) is 3.97. The first-order valence-corrected chi connectivity index (χ1v) is 6.19. The number of hydrogen-bond donors (Lipinski definition) is 2. The lowest BCUT2D eigenvalue weighted by molar-refractivity contribution is 0.248. The number of nitrogens with one attached hydrogen (secondary N) is 1. The molecule has 0 aromatic heterocycles. The van der Waals surface area contributed by atoms with E-state index in [-0.39, 0.29) is 0 Å². The van der Waals surface area contributed by atoms with Crippen LogP contribution in [0.3, 0.4) is 0 Å².